The molecule has 2 rings (SSSR count). The first-order chi connectivity index (χ1) is 8.06. The van der Waals surface area contributed by atoms with Gasteiger partial charge in [0, 0.05) is 12.1 Å². The van der Waals surface area contributed by atoms with Crippen molar-refractivity contribution in [1.82, 2.24) is 5.32 Å². The largest absolute Gasteiger partial charge is 0.351 e. The Morgan fingerprint density at radius 2 is 2.24 bits per heavy atom. The summed E-state index contributed by atoms with van der Waals surface area (Å²) in [7, 11) is 0. The molecule has 92 valence electrons. The van der Waals surface area contributed by atoms with Gasteiger partial charge in [-0.05, 0) is 58.8 Å². The zero-order valence-corrected chi connectivity index (χ0v) is 11.3. The van der Waals surface area contributed by atoms with Gasteiger partial charge in [0.2, 0.25) is 0 Å². The molecule has 1 aliphatic carbocycles. The van der Waals surface area contributed by atoms with Gasteiger partial charge in [0.05, 0.1) is 4.47 Å². The van der Waals surface area contributed by atoms with E-state index >= 15 is 0 Å². The van der Waals surface area contributed by atoms with E-state index in [1.807, 2.05) is 0 Å². The minimum Gasteiger partial charge on any atom is -0.351 e. The summed E-state index contributed by atoms with van der Waals surface area (Å²) in [6.07, 6.45) is 3.48. The van der Waals surface area contributed by atoms with E-state index < -0.39 is 0 Å². The highest BCUT2D eigenvalue weighted by Gasteiger charge is 2.40. The maximum absolute atomic E-state index is 13.0. The smallest absolute Gasteiger partial charge is 0.251 e. The Balaban J connectivity index is 1.97. The highest BCUT2D eigenvalue weighted by Crippen LogP contribution is 2.47. The zero-order chi connectivity index (χ0) is 12.5. The van der Waals surface area contributed by atoms with Gasteiger partial charge < -0.3 is 5.32 Å². The lowest BCUT2D eigenvalue weighted by Crippen LogP contribution is -2.29. The van der Waals surface area contributed by atoms with Crippen LogP contribution in [0.5, 0.6) is 0 Å². The fourth-order valence-electron chi connectivity index (χ4n) is 1.84. The van der Waals surface area contributed by atoms with E-state index in [0.29, 0.717) is 15.5 Å². The molecule has 1 fully saturated rings. The summed E-state index contributed by atoms with van der Waals surface area (Å²) in [6, 6.07) is 4.31. The van der Waals surface area contributed by atoms with Crippen molar-refractivity contribution in [3.05, 3.63) is 34.1 Å². The maximum atomic E-state index is 13.0. The van der Waals surface area contributed by atoms with Crippen LogP contribution >= 0.6 is 15.9 Å². The van der Waals surface area contributed by atoms with Crippen LogP contribution in [-0.4, -0.2) is 12.5 Å². The van der Waals surface area contributed by atoms with Crippen molar-refractivity contribution < 1.29 is 9.18 Å². The van der Waals surface area contributed by atoms with Crippen LogP contribution in [0.25, 0.3) is 0 Å². The molecule has 0 radical (unpaired) electrons. The topological polar surface area (TPSA) is 29.1 Å². The van der Waals surface area contributed by atoms with Crippen LogP contribution in [0.4, 0.5) is 4.39 Å². The van der Waals surface area contributed by atoms with Crippen molar-refractivity contribution in [2.24, 2.45) is 5.41 Å². The summed E-state index contributed by atoms with van der Waals surface area (Å²) in [5.74, 6) is -0.487. The minimum atomic E-state index is -0.353. The van der Waals surface area contributed by atoms with E-state index in [0.717, 1.165) is 13.0 Å². The molecule has 0 unspecified atom stereocenters. The average Bonchev–Trinajstić information content (AvgIpc) is 3.10. The second-order valence-electron chi connectivity index (χ2n) is 4.67. The zero-order valence-electron chi connectivity index (χ0n) is 9.72. The Labute approximate surface area is 109 Å². The van der Waals surface area contributed by atoms with Crippen LogP contribution in [0.15, 0.2) is 22.7 Å². The summed E-state index contributed by atoms with van der Waals surface area (Å²) in [5, 5.41) is 2.92. The van der Waals surface area contributed by atoms with Gasteiger partial charge in [0.1, 0.15) is 5.82 Å². The Bertz CT molecular complexity index is 443. The van der Waals surface area contributed by atoms with E-state index in [2.05, 4.69) is 28.2 Å². The molecule has 1 aromatic carbocycles. The van der Waals surface area contributed by atoms with Crippen LogP contribution in [-0.2, 0) is 0 Å². The lowest BCUT2D eigenvalue weighted by Gasteiger charge is -2.13. The van der Waals surface area contributed by atoms with Crippen molar-refractivity contribution in [3.8, 4) is 0 Å². The number of hydrogen-bond acceptors (Lipinski definition) is 1. The molecule has 1 aliphatic rings. The van der Waals surface area contributed by atoms with Crippen molar-refractivity contribution in [2.45, 2.75) is 26.2 Å². The number of benzene rings is 1. The second kappa shape index (κ2) is 4.77. The van der Waals surface area contributed by atoms with Crippen molar-refractivity contribution >= 4 is 21.8 Å². The van der Waals surface area contributed by atoms with E-state index in [9.17, 15) is 9.18 Å². The Hall–Kier alpha value is -0.900. The van der Waals surface area contributed by atoms with Gasteiger partial charge in [-0.25, -0.2) is 4.39 Å². The number of carbonyl (C=O) groups excluding carboxylic acids is 1. The number of hydrogen-bond donors (Lipinski definition) is 1. The van der Waals surface area contributed by atoms with Crippen molar-refractivity contribution in [1.29, 1.82) is 0 Å². The Kier molecular flexibility index (Phi) is 3.52. The van der Waals surface area contributed by atoms with Crippen LogP contribution in [0.3, 0.4) is 0 Å². The molecule has 2 nitrogen and oxygen atoms in total. The summed E-state index contributed by atoms with van der Waals surface area (Å²) in [6.45, 7) is 2.87. The third-order valence-electron chi connectivity index (χ3n) is 3.51. The predicted molar refractivity (Wildman–Crippen MR) is 68.4 cm³/mol. The molecule has 4 heteroatoms. The molecule has 1 aromatic rings. The first-order valence-electron chi connectivity index (χ1n) is 5.79. The molecule has 0 bridgehead atoms. The van der Waals surface area contributed by atoms with Crippen LogP contribution in [0.1, 0.15) is 36.5 Å². The second-order valence-corrected chi connectivity index (χ2v) is 5.52. The van der Waals surface area contributed by atoms with E-state index in [-0.39, 0.29) is 11.7 Å². The number of rotatable bonds is 4. The van der Waals surface area contributed by atoms with Crippen LogP contribution in [0, 0.1) is 11.2 Å². The van der Waals surface area contributed by atoms with Crippen LogP contribution < -0.4 is 5.32 Å². The predicted octanol–water partition coefficient (Wildman–Crippen LogP) is 3.51. The van der Waals surface area contributed by atoms with Gasteiger partial charge in [-0.3, -0.25) is 4.79 Å². The summed E-state index contributed by atoms with van der Waals surface area (Å²) in [5.41, 5.74) is 0.817. The van der Waals surface area contributed by atoms with Gasteiger partial charge in [-0.2, -0.15) is 0 Å². The van der Waals surface area contributed by atoms with E-state index in [1.165, 1.54) is 31.0 Å². The molecule has 0 aliphatic heterocycles. The fraction of sp³-hybridized carbons (Fsp3) is 0.462. The number of halogens is 2. The fourth-order valence-corrected chi connectivity index (χ4v) is 2.22. The molecule has 0 aromatic heterocycles. The average molecular weight is 300 g/mol. The maximum Gasteiger partial charge on any atom is 0.251 e. The number of amides is 1. The van der Waals surface area contributed by atoms with Gasteiger partial charge >= 0.3 is 0 Å². The molecule has 1 amide bonds. The summed E-state index contributed by atoms with van der Waals surface area (Å²) >= 11 is 3.08. The molecular formula is C13H15BrFNO. The first kappa shape index (κ1) is 12.6. The Morgan fingerprint density at radius 3 is 2.76 bits per heavy atom. The standard InChI is InChI=1S/C13H15BrFNO/c1-2-13(5-6-13)8-16-12(17)9-3-4-11(15)10(14)7-9/h3-4,7H,2,5-6,8H2,1H3,(H,16,17). The molecule has 0 saturated heterocycles. The monoisotopic (exact) mass is 299 g/mol. The van der Waals surface area contributed by atoms with Gasteiger partial charge in [0.15, 0.2) is 0 Å². The van der Waals surface area contributed by atoms with Crippen molar-refractivity contribution in [3.63, 3.8) is 0 Å². The molecular weight excluding hydrogens is 285 g/mol. The minimum absolute atomic E-state index is 0.134. The Morgan fingerprint density at radius 1 is 1.53 bits per heavy atom. The summed E-state index contributed by atoms with van der Waals surface area (Å²) < 4.78 is 13.3. The number of nitrogens with one attached hydrogen (secondary N) is 1. The number of carbonyl (C=O) groups is 1. The molecule has 1 N–H and O–H groups in total. The molecule has 0 atom stereocenters. The van der Waals surface area contributed by atoms with Crippen molar-refractivity contribution in [2.75, 3.05) is 6.54 Å². The molecule has 0 spiro atoms. The quantitative estimate of drug-likeness (QED) is 0.906. The van der Waals surface area contributed by atoms with Gasteiger partial charge in [-0.15, -0.1) is 0 Å². The van der Waals surface area contributed by atoms with Gasteiger partial charge in [-0.1, -0.05) is 6.92 Å². The highest BCUT2D eigenvalue weighted by molar-refractivity contribution is 9.10. The highest BCUT2D eigenvalue weighted by atomic mass is 79.9. The van der Waals surface area contributed by atoms with Crippen LogP contribution in [0.2, 0.25) is 0 Å². The van der Waals surface area contributed by atoms with E-state index in [4.69, 9.17) is 0 Å². The van der Waals surface area contributed by atoms with Gasteiger partial charge in [0.25, 0.3) is 5.91 Å². The normalized spacial score (nSPS) is 16.6. The van der Waals surface area contributed by atoms with E-state index in [1.54, 1.807) is 0 Å². The summed E-state index contributed by atoms with van der Waals surface area (Å²) in [4.78, 5) is 11.8. The third-order valence-corrected chi connectivity index (χ3v) is 4.12. The molecule has 1 saturated carbocycles. The SMILES string of the molecule is CCC1(CNC(=O)c2ccc(F)c(Br)c2)CC1. The molecule has 17 heavy (non-hydrogen) atoms. The molecule has 0 heterocycles. The third kappa shape index (κ3) is 2.86. The first-order valence-corrected chi connectivity index (χ1v) is 6.59. The lowest BCUT2D eigenvalue weighted by molar-refractivity contribution is 0.0944. The lowest BCUT2D eigenvalue weighted by atomic mass is 10.0.